The van der Waals surface area contributed by atoms with Crippen molar-refractivity contribution in [3.05, 3.63) is 77.5 Å². The molecular formula is C34H41N5O5. The predicted octanol–water partition coefficient (Wildman–Crippen LogP) is 4.29. The van der Waals surface area contributed by atoms with Crippen molar-refractivity contribution in [3.8, 4) is 16.9 Å². The molecule has 2 fully saturated rings. The number of esters is 1. The minimum Gasteiger partial charge on any atom is -0.485 e. The fraction of sp³-hybridized carbons (Fsp3) is 0.412. The van der Waals surface area contributed by atoms with Gasteiger partial charge in [0.2, 0.25) is 0 Å². The molecule has 3 N–H and O–H groups in total. The summed E-state index contributed by atoms with van der Waals surface area (Å²) in [5.41, 5.74) is 9.74. The van der Waals surface area contributed by atoms with Gasteiger partial charge in [-0.25, -0.2) is 4.98 Å². The summed E-state index contributed by atoms with van der Waals surface area (Å²) in [5, 5.41) is 2.73. The van der Waals surface area contributed by atoms with Gasteiger partial charge in [-0.3, -0.25) is 14.4 Å². The second kappa shape index (κ2) is 14.8. The van der Waals surface area contributed by atoms with Gasteiger partial charge in [0.15, 0.2) is 11.6 Å². The van der Waals surface area contributed by atoms with Crippen LogP contribution in [0.25, 0.3) is 11.1 Å². The van der Waals surface area contributed by atoms with E-state index in [1.54, 1.807) is 31.3 Å². The predicted molar refractivity (Wildman–Crippen MR) is 168 cm³/mol. The summed E-state index contributed by atoms with van der Waals surface area (Å²) >= 11 is 0. The number of amides is 2. The lowest BCUT2D eigenvalue weighted by molar-refractivity contribution is -0.142. The molecule has 0 spiro atoms. The third-order valence-corrected chi connectivity index (χ3v) is 8.26. The number of hydrogen-bond acceptors (Lipinski definition) is 8. The van der Waals surface area contributed by atoms with Crippen LogP contribution < -0.4 is 15.8 Å². The number of anilines is 1. The quantitative estimate of drug-likeness (QED) is 0.313. The molecule has 0 bridgehead atoms. The fourth-order valence-corrected chi connectivity index (χ4v) is 5.83. The molecule has 5 rings (SSSR count). The van der Waals surface area contributed by atoms with Crippen LogP contribution in [-0.2, 0) is 16.1 Å². The number of nitrogen functional groups attached to an aromatic ring is 1. The van der Waals surface area contributed by atoms with E-state index in [0.29, 0.717) is 29.5 Å². The first-order valence-electron chi connectivity index (χ1n) is 15.5. The number of likely N-dealkylation sites (tertiary alicyclic amines) is 2. The normalized spacial score (nSPS) is 15.6. The summed E-state index contributed by atoms with van der Waals surface area (Å²) in [5.74, 6) is 0.119. The van der Waals surface area contributed by atoms with Crippen LogP contribution in [0.5, 0.6) is 5.75 Å². The Labute approximate surface area is 258 Å². The van der Waals surface area contributed by atoms with Crippen LogP contribution in [0.15, 0.2) is 60.8 Å². The van der Waals surface area contributed by atoms with E-state index >= 15 is 0 Å². The Bertz CT molecular complexity index is 1450. The van der Waals surface area contributed by atoms with Crippen molar-refractivity contribution in [2.75, 3.05) is 45.1 Å². The molecule has 2 aliphatic heterocycles. The molecule has 10 nitrogen and oxygen atoms in total. The van der Waals surface area contributed by atoms with Gasteiger partial charge >= 0.3 is 5.97 Å². The minimum atomic E-state index is -0.351. The lowest BCUT2D eigenvalue weighted by atomic mass is 10.0. The highest BCUT2D eigenvalue weighted by atomic mass is 16.5. The maximum absolute atomic E-state index is 13.2. The second-order valence-corrected chi connectivity index (χ2v) is 11.3. The average molecular weight is 600 g/mol. The van der Waals surface area contributed by atoms with Gasteiger partial charge < -0.3 is 30.3 Å². The standard InChI is InChI=1S/C34H41N5O5/c1-2-43-31(40)12-15-36-33(41)27-7-5-6-24(20-27)23-44-30-21-28(22-37-32(30)35)25-8-10-26(11-9-25)34(42)39-18-13-29(14-19-39)38-16-3-4-17-38/h5-11,20-22,29H,2-4,12-19,23H2,1H3,(H2,35,37)(H,36,41). The van der Waals surface area contributed by atoms with E-state index < -0.39 is 0 Å². The van der Waals surface area contributed by atoms with Crippen molar-refractivity contribution in [2.45, 2.75) is 51.7 Å². The highest BCUT2D eigenvalue weighted by Gasteiger charge is 2.28. The van der Waals surface area contributed by atoms with E-state index in [0.717, 1.165) is 42.6 Å². The van der Waals surface area contributed by atoms with Crippen LogP contribution in [-0.4, -0.2) is 77.9 Å². The molecule has 0 aliphatic carbocycles. The van der Waals surface area contributed by atoms with Crippen molar-refractivity contribution in [3.63, 3.8) is 0 Å². The van der Waals surface area contributed by atoms with Crippen molar-refractivity contribution in [1.29, 1.82) is 0 Å². The molecular weight excluding hydrogens is 558 g/mol. The molecule has 0 saturated carbocycles. The topological polar surface area (TPSA) is 127 Å². The Morgan fingerprint density at radius 1 is 0.955 bits per heavy atom. The number of hydrogen-bond donors (Lipinski definition) is 2. The maximum Gasteiger partial charge on any atom is 0.307 e. The molecule has 3 heterocycles. The number of rotatable bonds is 11. The molecule has 2 saturated heterocycles. The first-order chi connectivity index (χ1) is 21.4. The van der Waals surface area contributed by atoms with Gasteiger partial charge in [0.25, 0.3) is 11.8 Å². The van der Waals surface area contributed by atoms with E-state index in [1.165, 1.54) is 25.9 Å². The maximum atomic E-state index is 13.2. The number of nitrogens with one attached hydrogen (secondary N) is 1. The number of nitrogens with zero attached hydrogens (tertiary/aromatic N) is 3. The summed E-state index contributed by atoms with van der Waals surface area (Å²) in [4.78, 5) is 46.1. The number of nitrogens with two attached hydrogens (primary N) is 1. The third-order valence-electron chi connectivity index (χ3n) is 8.26. The highest BCUT2D eigenvalue weighted by Crippen LogP contribution is 2.29. The van der Waals surface area contributed by atoms with Crippen LogP contribution in [0.4, 0.5) is 5.82 Å². The Balaban J connectivity index is 1.16. The van der Waals surface area contributed by atoms with E-state index in [2.05, 4.69) is 15.2 Å². The number of ether oxygens (including phenoxy) is 2. The largest absolute Gasteiger partial charge is 0.485 e. The molecule has 44 heavy (non-hydrogen) atoms. The molecule has 10 heteroatoms. The van der Waals surface area contributed by atoms with Crippen molar-refractivity contribution < 1.29 is 23.9 Å². The van der Waals surface area contributed by atoms with Gasteiger partial charge in [-0.15, -0.1) is 0 Å². The summed E-state index contributed by atoms with van der Waals surface area (Å²) < 4.78 is 10.9. The van der Waals surface area contributed by atoms with Gasteiger partial charge in [-0.1, -0.05) is 24.3 Å². The average Bonchev–Trinajstić information content (AvgIpc) is 3.60. The number of piperidine rings is 1. The zero-order valence-corrected chi connectivity index (χ0v) is 25.3. The molecule has 232 valence electrons. The molecule has 1 aromatic heterocycles. The zero-order chi connectivity index (χ0) is 30.9. The Hall–Kier alpha value is -4.44. The Morgan fingerprint density at radius 3 is 2.43 bits per heavy atom. The van der Waals surface area contributed by atoms with Crippen LogP contribution in [0, 0.1) is 0 Å². The fourth-order valence-electron chi connectivity index (χ4n) is 5.83. The summed E-state index contributed by atoms with van der Waals surface area (Å²) in [6, 6.07) is 17.1. The van der Waals surface area contributed by atoms with Gasteiger partial charge in [0, 0.05) is 48.6 Å². The first kappa shape index (κ1) is 31.0. The lowest BCUT2D eigenvalue weighted by Crippen LogP contribution is -2.45. The van der Waals surface area contributed by atoms with E-state index in [4.69, 9.17) is 15.2 Å². The molecule has 3 aromatic rings. The van der Waals surface area contributed by atoms with Gasteiger partial charge in [-0.05, 0) is 87.2 Å². The van der Waals surface area contributed by atoms with Gasteiger partial charge in [-0.2, -0.15) is 0 Å². The highest BCUT2D eigenvalue weighted by molar-refractivity contribution is 5.95. The minimum absolute atomic E-state index is 0.0748. The molecule has 2 aromatic carbocycles. The number of pyridine rings is 1. The Morgan fingerprint density at radius 2 is 1.70 bits per heavy atom. The van der Waals surface area contributed by atoms with Crippen LogP contribution in [0.2, 0.25) is 0 Å². The number of aromatic nitrogens is 1. The molecule has 0 radical (unpaired) electrons. The molecule has 0 unspecified atom stereocenters. The van der Waals surface area contributed by atoms with Gasteiger partial charge in [0.05, 0.1) is 13.0 Å². The van der Waals surface area contributed by atoms with E-state index in [-0.39, 0.29) is 43.2 Å². The van der Waals surface area contributed by atoms with E-state index in [1.807, 2.05) is 41.3 Å². The Kier molecular flexibility index (Phi) is 10.5. The summed E-state index contributed by atoms with van der Waals surface area (Å²) in [6.07, 6.45) is 6.46. The first-order valence-corrected chi connectivity index (χ1v) is 15.5. The van der Waals surface area contributed by atoms with Crippen molar-refractivity contribution in [2.24, 2.45) is 0 Å². The summed E-state index contributed by atoms with van der Waals surface area (Å²) in [7, 11) is 0. The van der Waals surface area contributed by atoms with Gasteiger partial charge in [0.1, 0.15) is 6.61 Å². The third kappa shape index (κ3) is 7.93. The molecule has 2 aliphatic rings. The summed E-state index contributed by atoms with van der Waals surface area (Å²) in [6.45, 7) is 6.41. The van der Waals surface area contributed by atoms with Crippen molar-refractivity contribution >= 4 is 23.6 Å². The van der Waals surface area contributed by atoms with Crippen molar-refractivity contribution in [1.82, 2.24) is 20.1 Å². The van der Waals surface area contributed by atoms with Crippen LogP contribution in [0.1, 0.15) is 65.3 Å². The number of benzene rings is 2. The van der Waals surface area contributed by atoms with Crippen LogP contribution in [0.3, 0.4) is 0 Å². The SMILES string of the molecule is CCOC(=O)CCNC(=O)c1cccc(COc2cc(-c3ccc(C(=O)N4CCC(N5CCCC5)CC4)cc3)cnc2N)c1. The number of carbonyl (C=O) groups is 3. The molecule has 0 atom stereocenters. The van der Waals surface area contributed by atoms with Crippen LogP contribution >= 0.6 is 0 Å². The smallest absolute Gasteiger partial charge is 0.307 e. The zero-order valence-electron chi connectivity index (χ0n) is 25.3. The molecule has 2 amide bonds. The lowest BCUT2D eigenvalue weighted by Gasteiger charge is -2.36. The number of carbonyl (C=O) groups excluding carboxylic acids is 3. The van der Waals surface area contributed by atoms with E-state index in [9.17, 15) is 14.4 Å². The monoisotopic (exact) mass is 599 g/mol. The second-order valence-electron chi connectivity index (χ2n) is 11.3.